The first-order valence-electron chi connectivity index (χ1n) is 5.81. The minimum absolute atomic E-state index is 0.0138. The van der Waals surface area contributed by atoms with Crippen LogP contribution in [0.15, 0.2) is 18.2 Å². The van der Waals surface area contributed by atoms with Crippen LogP contribution in [0.4, 0.5) is 4.39 Å². The first-order valence-corrected chi connectivity index (χ1v) is 6.72. The van der Waals surface area contributed by atoms with E-state index in [9.17, 15) is 4.39 Å². The average molecular weight is 303 g/mol. The molecule has 1 aliphatic carbocycles. The van der Waals surface area contributed by atoms with Crippen molar-refractivity contribution in [1.82, 2.24) is 0 Å². The van der Waals surface area contributed by atoms with Gasteiger partial charge in [-0.05, 0) is 25.5 Å². The molecule has 4 heteroatoms. The summed E-state index contributed by atoms with van der Waals surface area (Å²) in [6.45, 7) is 4.32. The Hall–Kier alpha value is -0.610. The molecule has 1 saturated carbocycles. The molecule has 0 radical (unpaired) electrons. The SMILES string of the molecule is CCOC1C(Br)CC1Oc1cccc(C)c1F. The summed E-state index contributed by atoms with van der Waals surface area (Å²) in [5.74, 6) is 0.0415. The van der Waals surface area contributed by atoms with Crippen molar-refractivity contribution in [1.29, 1.82) is 0 Å². The van der Waals surface area contributed by atoms with E-state index in [-0.39, 0.29) is 18.0 Å². The Morgan fingerprint density at radius 1 is 1.47 bits per heavy atom. The first kappa shape index (κ1) is 12.8. The molecule has 1 aromatic rings. The quantitative estimate of drug-likeness (QED) is 0.793. The van der Waals surface area contributed by atoms with Gasteiger partial charge in [0, 0.05) is 17.9 Å². The summed E-state index contributed by atoms with van der Waals surface area (Å²) >= 11 is 3.52. The molecule has 2 nitrogen and oxygen atoms in total. The molecular weight excluding hydrogens is 287 g/mol. The van der Waals surface area contributed by atoms with Crippen LogP contribution in [-0.4, -0.2) is 23.6 Å². The Balaban J connectivity index is 2.04. The van der Waals surface area contributed by atoms with Gasteiger partial charge in [-0.3, -0.25) is 0 Å². The topological polar surface area (TPSA) is 18.5 Å². The monoisotopic (exact) mass is 302 g/mol. The smallest absolute Gasteiger partial charge is 0.167 e. The Bertz CT molecular complexity index is 397. The average Bonchev–Trinajstić information content (AvgIpc) is 2.31. The van der Waals surface area contributed by atoms with Crippen molar-refractivity contribution in [3.63, 3.8) is 0 Å². The number of alkyl halides is 1. The predicted octanol–water partition coefficient (Wildman–Crippen LogP) is 3.45. The van der Waals surface area contributed by atoms with Gasteiger partial charge in [0.1, 0.15) is 12.2 Å². The van der Waals surface area contributed by atoms with Gasteiger partial charge in [-0.1, -0.05) is 28.1 Å². The van der Waals surface area contributed by atoms with Gasteiger partial charge in [-0.15, -0.1) is 0 Å². The first-order chi connectivity index (χ1) is 8.13. The third-order valence-electron chi connectivity index (χ3n) is 2.97. The molecule has 0 amide bonds. The zero-order chi connectivity index (χ0) is 12.4. The van der Waals surface area contributed by atoms with Crippen molar-refractivity contribution in [3.8, 4) is 5.75 Å². The zero-order valence-electron chi connectivity index (χ0n) is 9.95. The Labute approximate surface area is 109 Å². The summed E-state index contributed by atoms with van der Waals surface area (Å²) in [7, 11) is 0. The van der Waals surface area contributed by atoms with Gasteiger partial charge in [0.05, 0.1) is 0 Å². The van der Waals surface area contributed by atoms with E-state index in [4.69, 9.17) is 9.47 Å². The molecule has 17 heavy (non-hydrogen) atoms. The molecule has 0 aliphatic heterocycles. The molecule has 94 valence electrons. The van der Waals surface area contributed by atoms with E-state index >= 15 is 0 Å². The fraction of sp³-hybridized carbons (Fsp3) is 0.538. The van der Waals surface area contributed by atoms with Crippen LogP contribution in [0.25, 0.3) is 0 Å². The molecule has 1 aromatic carbocycles. The van der Waals surface area contributed by atoms with Crippen molar-refractivity contribution in [2.24, 2.45) is 0 Å². The van der Waals surface area contributed by atoms with E-state index in [1.54, 1.807) is 25.1 Å². The molecule has 0 heterocycles. The lowest BCUT2D eigenvalue weighted by Crippen LogP contribution is -2.52. The van der Waals surface area contributed by atoms with Crippen LogP contribution < -0.4 is 4.74 Å². The van der Waals surface area contributed by atoms with Crippen LogP contribution in [0.5, 0.6) is 5.75 Å². The maximum absolute atomic E-state index is 13.8. The third-order valence-corrected chi connectivity index (χ3v) is 3.87. The minimum Gasteiger partial charge on any atom is -0.485 e. The number of hydrogen-bond donors (Lipinski definition) is 0. The molecule has 0 N–H and O–H groups in total. The van der Waals surface area contributed by atoms with Crippen molar-refractivity contribution in [3.05, 3.63) is 29.6 Å². The standard InChI is InChI=1S/C13H16BrFO2/c1-3-16-13-9(14)7-11(13)17-10-6-4-5-8(2)12(10)15/h4-6,9,11,13H,3,7H2,1-2H3. The Kier molecular flexibility index (Phi) is 4.05. The van der Waals surface area contributed by atoms with Gasteiger partial charge in [-0.2, -0.15) is 0 Å². The molecule has 1 fully saturated rings. The van der Waals surface area contributed by atoms with Crippen LogP contribution in [0.3, 0.4) is 0 Å². The van der Waals surface area contributed by atoms with Gasteiger partial charge >= 0.3 is 0 Å². The van der Waals surface area contributed by atoms with E-state index in [1.807, 2.05) is 6.92 Å². The molecule has 0 saturated heterocycles. The van der Waals surface area contributed by atoms with Crippen molar-refractivity contribution >= 4 is 15.9 Å². The normalized spacial score (nSPS) is 27.6. The number of rotatable bonds is 4. The van der Waals surface area contributed by atoms with Gasteiger partial charge in [0.25, 0.3) is 0 Å². The highest BCUT2D eigenvalue weighted by atomic mass is 79.9. The van der Waals surface area contributed by atoms with Crippen molar-refractivity contribution < 1.29 is 13.9 Å². The maximum Gasteiger partial charge on any atom is 0.167 e. The second-order valence-electron chi connectivity index (χ2n) is 4.21. The Morgan fingerprint density at radius 2 is 2.24 bits per heavy atom. The minimum atomic E-state index is -0.277. The predicted molar refractivity (Wildman–Crippen MR) is 68.3 cm³/mol. The highest BCUT2D eigenvalue weighted by molar-refractivity contribution is 9.09. The van der Waals surface area contributed by atoms with Gasteiger partial charge in [-0.25, -0.2) is 4.39 Å². The molecule has 0 bridgehead atoms. The number of ether oxygens (including phenoxy) is 2. The highest BCUT2D eigenvalue weighted by Crippen LogP contribution is 2.35. The van der Waals surface area contributed by atoms with E-state index in [2.05, 4.69) is 15.9 Å². The van der Waals surface area contributed by atoms with E-state index in [1.165, 1.54) is 0 Å². The molecular formula is C13H16BrFO2. The third kappa shape index (κ3) is 2.63. The molecule has 3 unspecified atom stereocenters. The summed E-state index contributed by atoms with van der Waals surface area (Å²) in [6, 6.07) is 5.19. The summed E-state index contributed by atoms with van der Waals surface area (Å²) in [5, 5.41) is 0. The molecule has 3 atom stereocenters. The number of hydrogen-bond acceptors (Lipinski definition) is 2. The van der Waals surface area contributed by atoms with Gasteiger partial charge < -0.3 is 9.47 Å². The lowest BCUT2D eigenvalue weighted by molar-refractivity contribution is -0.0734. The zero-order valence-corrected chi connectivity index (χ0v) is 11.5. The largest absolute Gasteiger partial charge is 0.485 e. The second kappa shape index (κ2) is 5.36. The lowest BCUT2D eigenvalue weighted by atomic mass is 9.91. The van der Waals surface area contributed by atoms with Gasteiger partial charge in [0.15, 0.2) is 11.6 Å². The van der Waals surface area contributed by atoms with Crippen LogP contribution in [-0.2, 0) is 4.74 Å². The molecule has 1 aliphatic rings. The fourth-order valence-corrected chi connectivity index (χ4v) is 2.78. The van der Waals surface area contributed by atoms with E-state index < -0.39 is 0 Å². The Morgan fingerprint density at radius 3 is 2.88 bits per heavy atom. The molecule has 2 rings (SSSR count). The molecule has 0 spiro atoms. The fourth-order valence-electron chi connectivity index (χ4n) is 1.92. The maximum atomic E-state index is 13.8. The van der Waals surface area contributed by atoms with Crippen LogP contribution >= 0.6 is 15.9 Å². The summed E-state index contributed by atoms with van der Waals surface area (Å²) in [4.78, 5) is 0.306. The number of benzene rings is 1. The van der Waals surface area contributed by atoms with Crippen LogP contribution in [0, 0.1) is 12.7 Å². The number of aryl methyl sites for hydroxylation is 1. The van der Waals surface area contributed by atoms with Crippen molar-refractivity contribution in [2.75, 3.05) is 6.61 Å². The highest BCUT2D eigenvalue weighted by Gasteiger charge is 2.42. The molecule has 0 aromatic heterocycles. The van der Waals surface area contributed by atoms with Crippen LogP contribution in [0.1, 0.15) is 18.9 Å². The lowest BCUT2D eigenvalue weighted by Gasteiger charge is -2.40. The van der Waals surface area contributed by atoms with Gasteiger partial charge in [0.2, 0.25) is 0 Å². The summed E-state index contributed by atoms with van der Waals surface area (Å²) in [6.07, 6.45) is 0.799. The summed E-state index contributed by atoms with van der Waals surface area (Å²) < 4.78 is 25.0. The van der Waals surface area contributed by atoms with Crippen LogP contribution in [0.2, 0.25) is 0 Å². The summed E-state index contributed by atoms with van der Waals surface area (Å²) in [5.41, 5.74) is 0.602. The van der Waals surface area contributed by atoms with E-state index in [0.717, 1.165) is 6.42 Å². The van der Waals surface area contributed by atoms with E-state index in [0.29, 0.717) is 22.7 Å². The number of halogens is 2. The van der Waals surface area contributed by atoms with Crippen molar-refractivity contribution in [2.45, 2.75) is 37.3 Å². The second-order valence-corrected chi connectivity index (χ2v) is 5.39.